The zero-order valence-corrected chi connectivity index (χ0v) is 10.3. The maximum Gasteiger partial charge on any atom is 0.225 e. The van der Waals surface area contributed by atoms with Crippen molar-refractivity contribution in [3.63, 3.8) is 0 Å². The van der Waals surface area contributed by atoms with Crippen LogP contribution in [0.3, 0.4) is 0 Å². The lowest BCUT2D eigenvalue weighted by Crippen LogP contribution is -2.39. The molecule has 1 aromatic carbocycles. The number of likely N-dealkylation sites (tertiary alicyclic amines) is 1. The van der Waals surface area contributed by atoms with Crippen molar-refractivity contribution in [3.05, 3.63) is 35.9 Å². The summed E-state index contributed by atoms with van der Waals surface area (Å²) in [6.45, 7) is 2.08. The number of carbonyl (C=O) groups is 1. The molecule has 0 radical (unpaired) electrons. The molecule has 1 aliphatic rings. The van der Waals surface area contributed by atoms with Gasteiger partial charge in [-0.2, -0.15) is 0 Å². The Bertz CT molecular complexity index is 377. The van der Waals surface area contributed by atoms with Gasteiger partial charge in [0.15, 0.2) is 0 Å². The number of piperidine rings is 1. The average Bonchev–Trinajstić information content (AvgIpc) is 2.30. The zero-order valence-electron chi connectivity index (χ0n) is 10.3. The topological polar surface area (TPSA) is 46.3 Å². The van der Waals surface area contributed by atoms with Gasteiger partial charge < -0.3 is 10.6 Å². The molecule has 0 aliphatic carbocycles. The molecule has 3 nitrogen and oxygen atoms in total. The minimum absolute atomic E-state index is 0.140. The second-order valence-corrected chi connectivity index (χ2v) is 4.96. The van der Waals surface area contributed by atoms with Crippen molar-refractivity contribution in [2.45, 2.75) is 18.8 Å². The van der Waals surface area contributed by atoms with E-state index in [1.165, 1.54) is 0 Å². The van der Waals surface area contributed by atoms with Gasteiger partial charge in [-0.3, -0.25) is 4.79 Å². The first-order chi connectivity index (χ1) is 8.18. The van der Waals surface area contributed by atoms with E-state index in [1.807, 2.05) is 30.3 Å². The van der Waals surface area contributed by atoms with Crippen molar-refractivity contribution in [2.24, 2.45) is 11.7 Å². The van der Waals surface area contributed by atoms with Crippen LogP contribution in [-0.2, 0) is 4.79 Å². The van der Waals surface area contributed by atoms with Crippen LogP contribution in [0, 0.1) is 5.92 Å². The van der Waals surface area contributed by atoms with E-state index in [9.17, 15) is 4.79 Å². The van der Waals surface area contributed by atoms with Gasteiger partial charge in [0, 0.05) is 6.54 Å². The van der Waals surface area contributed by atoms with Gasteiger partial charge in [-0.15, -0.1) is 0 Å². The first-order valence-electron chi connectivity index (χ1n) is 6.21. The fourth-order valence-electron chi connectivity index (χ4n) is 2.81. The SMILES string of the molecule is CN1CCC[C@@H](C(C(N)=O)c2ccccc2)C1. The lowest BCUT2D eigenvalue weighted by Gasteiger charge is -2.33. The van der Waals surface area contributed by atoms with Crippen LogP contribution < -0.4 is 5.73 Å². The lowest BCUT2D eigenvalue weighted by molar-refractivity contribution is -0.121. The zero-order chi connectivity index (χ0) is 12.3. The predicted octanol–water partition coefficient (Wildman–Crippen LogP) is 1.60. The summed E-state index contributed by atoms with van der Waals surface area (Å²) in [5.41, 5.74) is 6.64. The van der Waals surface area contributed by atoms with E-state index >= 15 is 0 Å². The smallest absolute Gasteiger partial charge is 0.225 e. The number of benzene rings is 1. The quantitative estimate of drug-likeness (QED) is 0.860. The number of amides is 1. The summed E-state index contributed by atoms with van der Waals surface area (Å²) in [6, 6.07) is 9.91. The Morgan fingerprint density at radius 3 is 2.71 bits per heavy atom. The molecule has 2 N–H and O–H groups in total. The highest BCUT2D eigenvalue weighted by atomic mass is 16.1. The molecule has 17 heavy (non-hydrogen) atoms. The van der Waals surface area contributed by atoms with Crippen LogP contribution in [0.1, 0.15) is 24.3 Å². The van der Waals surface area contributed by atoms with Crippen LogP contribution in [0.15, 0.2) is 30.3 Å². The largest absolute Gasteiger partial charge is 0.369 e. The molecule has 2 atom stereocenters. The van der Waals surface area contributed by atoms with Crippen molar-refractivity contribution in [1.29, 1.82) is 0 Å². The minimum atomic E-state index is -0.198. The summed E-state index contributed by atoms with van der Waals surface area (Å²) < 4.78 is 0. The Kier molecular flexibility index (Phi) is 3.79. The van der Waals surface area contributed by atoms with Crippen LogP contribution in [-0.4, -0.2) is 30.9 Å². The molecule has 92 valence electrons. The summed E-state index contributed by atoms with van der Waals surface area (Å²) in [5, 5.41) is 0. The van der Waals surface area contributed by atoms with Gasteiger partial charge in [0.1, 0.15) is 0 Å². The van der Waals surface area contributed by atoms with E-state index in [0.717, 1.165) is 31.5 Å². The number of nitrogens with two attached hydrogens (primary N) is 1. The molecule has 2 rings (SSSR count). The third kappa shape index (κ3) is 2.86. The highest BCUT2D eigenvalue weighted by molar-refractivity contribution is 5.82. The first-order valence-corrected chi connectivity index (χ1v) is 6.21. The Morgan fingerprint density at radius 2 is 2.12 bits per heavy atom. The second kappa shape index (κ2) is 5.32. The monoisotopic (exact) mass is 232 g/mol. The summed E-state index contributed by atoms with van der Waals surface area (Å²) >= 11 is 0. The fourth-order valence-corrected chi connectivity index (χ4v) is 2.81. The second-order valence-electron chi connectivity index (χ2n) is 4.96. The number of carbonyl (C=O) groups excluding carboxylic acids is 1. The summed E-state index contributed by atoms with van der Waals surface area (Å²) in [7, 11) is 2.11. The molecule has 1 aromatic rings. The predicted molar refractivity (Wildman–Crippen MR) is 68.6 cm³/mol. The third-order valence-electron chi connectivity index (χ3n) is 3.60. The van der Waals surface area contributed by atoms with Gasteiger partial charge in [0.05, 0.1) is 5.92 Å². The summed E-state index contributed by atoms with van der Waals surface area (Å²) in [4.78, 5) is 14.0. The molecule has 0 aromatic heterocycles. The molecule has 1 heterocycles. The van der Waals surface area contributed by atoms with Crippen molar-refractivity contribution in [1.82, 2.24) is 4.90 Å². The molecule has 1 unspecified atom stereocenters. The van der Waals surface area contributed by atoms with Crippen LogP contribution in [0.25, 0.3) is 0 Å². The van der Waals surface area contributed by atoms with E-state index in [2.05, 4.69) is 11.9 Å². The van der Waals surface area contributed by atoms with Gasteiger partial charge in [0.25, 0.3) is 0 Å². The number of rotatable bonds is 3. The maximum absolute atomic E-state index is 11.7. The number of hydrogen-bond donors (Lipinski definition) is 1. The number of nitrogens with zero attached hydrogens (tertiary/aromatic N) is 1. The van der Waals surface area contributed by atoms with Crippen molar-refractivity contribution < 1.29 is 4.79 Å². The molecule has 0 saturated carbocycles. The van der Waals surface area contributed by atoms with Gasteiger partial charge >= 0.3 is 0 Å². The summed E-state index contributed by atoms with van der Waals surface area (Å²) in [5.74, 6) is 0.0177. The third-order valence-corrected chi connectivity index (χ3v) is 3.60. The Morgan fingerprint density at radius 1 is 1.41 bits per heavy atom. The van der Waals surface area contributed by atoms with Crippen LogP contribution in [0.5, 0.6) is 0 Å². The molecular weight excluding hydrogens is 212 g/mol. The Hall–Kier alpha value is -1.35. The molecule has 1 saturated heterocycles. The van der Waals surface area contributed by atoms with Crippen LogP contribution in [0.2, 0.25) is 0 Å². The van der Waals surface area contributed by atoms with Crippen molar-refractivity contribution in [2.75, 3.05) is 20.1 Å². The highest BCUT2D eigenvalue weighted by Crippen LogP contribution is 2.31. The molecule has 0 spiro atoms. The van der Waals surface area contributed by atoms with E-state index in [4.69, 9.17) is 5.73 Å². The van der Waals surface area contributed by atoms with Crippen LogP contribution in [0.4, 0.5) is 0 Å². The average molecular weight is 232 g/mol. The molecule has 0 bridgehead atoms. The van der Waals surface area contributed by atoms with E-state index in [1.54, 1.807) is 0 Å². The summed E-state index contributed by atoms with van der Waals surface area (Å²) in [6.07, 6.45) is 2.24. The van der Waals surface area contributed by atoms with E-state index in [0.29, 0.717) is 5.92 Å². The fraction of sp³-hybridized carbons (Fsp3) is 0.500. The van der Waals surface area contributed by atoms with Crippen LogP contribution >= 0.6 is 0 Å². The Labute approximate surface area is 103 Å². The molecular formula is C14H20N2O. The Balaban J connectivity index is 2.20. The van der Waals surface area contributed by atoms with Gasteiger partial charge in [-0.05, 0) is 37.9 Å². The molecule has 1 amide bonds. The molecule has 3 heteroatoms. The minimum Gasteiger partial charge on any atom is -0.369 e. The maximum atomic E-state index is 11.7. The van der Waals surface area contributed by atoms with Crippen molar-refractivity contribution >= 4 is 5.91 Å². The molecule has 1 fully saturated rings. The van der Waals surface area contributed by atoms with Gasteiger partial charge in [0.2, 0.25) is 5.91 Å². The standard InChI is InChI=1S/C14H20N2O/c1-16-9-5-8-12(10-16)13(14(15)17)11-6-3-2-4-7-11/h2-4,6-7,12-13H,5,8-10H2,1H3,(H2,15,17)/t12-,13?/m1/s1. The number of hydrogen-bond acceptors (Lipinski definition) is 2. The van der Waals surface area contributed by atoms with Gasteiger partial charge in [-0.1, -0.05) is 30.3 Å². The highest BCUT2D eigenvalue weighted by Gasteiger charge is 2.30. The normalized spacial score (nSPS) is 23.2. The van der Waals surface area contributed by atoms with Gasteiger partial charge in [-0.25, -0.2) is 0 Å². The molecule has 1 aliphatic heterocycles. The lowest BCUT2D eigenvalue weighted by atomic mass is 9.80. The van der Waals surface area contributed by atoms with Crippen molar-refractivity contribution in [3.8, 4) is 0 Å². The van der Waals surface area contributed by atoms with E-state index in [-0.39, 0.29) is 11.8 Å². The first kappa shape index (κ1) is 12.1. The van der Waals surface area contributed by atoms with E-state index < -0.39 is 0 Å². The number of primary amides is 1.